The van der Waals surface area contributed by atoms with Gasteiger partial charge in [0.2, 0.25) is 0 Å². The summed E-state index contributed by atoms with van der Waals surface area (Å²) in [6.07, 6.45) is 2.36. The smallest absolute Gasteiger partial charge is 0.151 e. The molecule has 1 aromatic carbocycles. The molecule has 1 heterocycles. The van der Waals surface area contributed by atoms with Gasteiger partial charge in [0.05, 0.1) is 16.8 Å². The van der Waals surface area contributed by atoms with Crippen molar-refractivity contribution < 1.29 is 4.74 Å². The molecular weight excluding hydrogens is 250 g/mol. The highest BCUT2D eigenvalue weighted by atomic mass is 32.2. The molecule has 4 heteroatoms. The first-order valence-electron chi connectivity index (χ1n) is 5.96. The van der Waals surface area contributed by atoms with Crippen molar-refractivity contribution in [1.29, 1.82) is 0 Å². The van der Waals surface area contributed by atoms with Crippen molar-refractivity contribution in [3.63, 3.8) is 0 Å². The van der Waals surface area contributed by atoms with E-state index in [-0.39, 0.29) is 0 Å². The molecule has 0 atom stereocenters. The van der Waals surface area contributed by atoms with Gasteiger partial charge in [-0.05, 0) is 18.6 Å². The topological polar surface area (TPSA) is 22.1 Å². The van der Waals surface area contributed by atoms with Gasteiger partial charge in [-0.25, -0.2) is 4.98 Å². The number of hydrogen-bond donors (Lipinski definition) is 0. The molecule has 0 aliphatic carbocycles. The molecule has 2 aromatic rings. The average Bonchev–Trinajstić information content (AvgIpc) is 2.76. The van der Waals surface area contributed by atoms with E-state index in [0.29, 0.717) is 0 Å². The first-order valence-corrected chi connectivity index (χ1v) is 7.76. The normalized spacial score (nSPS) is 11.1. The fraction of sp³-hybridized carbons (Fsp3) is 0.462. The van der Waals surface area contributed by atoms with Crippen LogP contribution in [0.3, 0.4) is 0 Å². The molecule has 0 aliphatic heterocycles. The Morgan fingerprint density at radius 2 is 2.18 bits per heavy atom. The van der Waals surface area contributed by atoms with E-state index < -0.39 is 0 Å². The van der Waals surface area contributed by atoms with Gasteiger partial charge in [-0.2, -0.15) is 0 Å². The highest BCUT2D eigenvalue weighted by Crippen LogP contribution is 2.28. The lowest BCUT2D eigenvalue weighted by molar-refractivity contribution is 0.147. The van der Waals surface area contributed by atoms with Crippen LogP contribution in [0.2, 0.25) is 0 Å². The number of nitrogens with zero attached hydrogens (tertiary/aromatic N) is 1. The fourth-order valence-electron chi connectivity index (χ4n) is 1.45. The predicted molar refractivity (Wildman–Crippen MR) is 76.1 cm³/mol. The van der Waals surface area contributed by atoms with Gasteiger partial charge in [0.25, 0.3) is 0 Å². The molecule has 2 nitrogen and oxygen atoms in total. The molecule has 0 spiro atoms. The largest absolute Gasteiger partial charge is 0.381 e. The van der Waals surface area contributed by atoms with Gasteiger partial charge < -0.3 is 4.74 Å². The Kier molecular flexibility index (Phi) is 5.29. The van der Waals surface area contributed by atoms with Gasteiger partial charge in [-0.15, -0.1) is 11.3 Å². The number of benzene rings is 1. The van der Waals surface area contributed by atoms with Crippen LogP contribution in [0.4, 0.5) is 0 Å². The summed E-state index contributed by atoms with van der Waals surface area (Å²) in [5.41, 5.74) is 1.10. The van der Waals surface area contributed by atoms with Gasteiger partial charge in [0, 0.05) is 12.4 Å². The number of fused-ring (bicyclic) bond motifs is 1. The van der Waals surface area contributed by atoms with Crippen molar-refractivity contribution >= 4 is 33.3 Å². The zero-order chi connectivity index (χ0) is 11.9. The van der Waals surface area contributed by atoms with Crippen molar-refractivity contribution in [2.45, 2.75) is 24.1 Å². The molecule has 0 aliphatic rings. The van der Waals surface area contributed by atoms with Crippen LogP contribution < -0.4 is 0 Å². The molecule has 0 radical (unpaired) electrons. The zero-order valence-electron chi connectivity index (χ0n) is 10.0. The van der Waals surface area contributed by atoms with Crippen LogP contribution in [0.1, 0.15) is 19.8 Å². The third-order valence-electron chi connectivity index (χ3n) is 2.37. The van der Waals surface area contributed by atoms with E-state index in [4.69, 9.17) is 4.74 Å². The van der Waals surface area contributed by atoms with Crippen LogP contribution in [0.15, 0.2) is 28.6 Å². The van der Waals surface area contributed by atoms with Crippen molar-refractivity contribution in [3.8, 4) is 0 Å². The molecule has 1 aromatic heterocycles. The third-order valence-corrected chi connectivity index (χ3v) is 4.51. The number of thioether (sulfide) groups is 1. The summed E-state index contributed by atoms with van der Waals surface area (Å²) >= 11 is 3.55. The van der Waals surface area contributed by atoms with E-state index >= 15 is 0 Å². The molecule has 0 amide bonds. The molecule has 0 N–H and O–H groups in total. The molecule has 92 valence electrons. The summed E-state index contributed by atoms with van der Waals surface area (Å²) in [4.78, 5) is 4.57. The maximum Gasteiger partial charge on any atom is 0.151 e. The van der Waals surface area contributed by atoms with Gasteiger partial charge in [0.15, 0.2) is 4.34 Å². The number of ether oxygens (including phenoxy) is 1. The van der Waals surface area contributed by atoms with E-state index in [1.165, 1.54) is 11.1 Å². The minimum Gasteiger partial charge on any atom is -0.381 e. The lowest BCUT2D eigenvalue weighted by Gasteiger charge is -2.00. The van der Waals surface area contributed by atoms with E-state index in [1.54, 1.807) is 23.1 Å². The molecule has 0 unspecified atom stereocenters. The maximum atomic E-state index is 5.53. The number of rotatable bonds is 7. The molecule has 17 heavy (non-hydrogen) atoms. The van der Waals surface area contributed by atoms with Gasteiger partial charge in [-0.1, -0.05) is 37.2 Å². The van der Waals surface area contributed by atoms with Crippen molar-refractivity contribution in [1.82, 2.24) is 4.98 Å². The lowest BCUT2D eigenvalue weighted by atomic mass is 10.3. The molecule has 2 rings (SSSR count). The highest BCUT2D eigenvalue weighted by molar-refractivity contribution is 8.01. The van der Waals surface area contributed by atoms with Gasteiger partial charge in [-0.3, -0.25) is 0 Å². The highest BCUT2D eigenvalue weighted by Gasteiger charge is 2.02. The summed E-state index contributed by atoms with van der Waals surface area (Å²) in [6, 6.07) is 8.27. The third kappa shape index (κ3) is 3.98. The molecule has 0 bridgehead atoms. The summed E-state index contributed by atoms with van der Waals surface area (Å²) in [5, 5.41) is 0. The molecule has 0 saturated carbocycles. The van der Waals surface area contributed by atoms with Crippen LogP contribution in [0, 0.1) is 0 Å². The molecule has 0 saturated heterocycles. The summed E-state index contributed by atoms with van der Waals surface area (Å²) in [5.74, 6) is 0.990. The zero-order valence-corrected chi connectivity index (χ0v) is 11.6. The monoisotopic (exact) mass is 267 g/mol. The quantitative estimate of drug-likeness (QED) is 0.554. The van der Waals surface area contributed by atoms with E-state index in [9.17, 15) is 0 Å². The average molecular weight is 267 g/mol. The Labute approximate surface area is 110 Å². The summed E-state index contributed by atoms with van der Waals surface area (Å²) in [7, 11) is 0. The minimum atomic E-state index is 0.820. The Morgan fingerprint density at radius 3 is 3.00 bits per heavy atom. The van der Waals surface area contributed by atoms with E-state index in [2.05, 4.69) is 30.1 Å². The Morgan fingerprint density at radius 1 is 1.29 bits per heavy atom. The van der Waals surface area contributed by atoms with Gasteiger partial charge in [0.1, 0.15) is 0 Å². The standard InChI is InChI=1S/C13H17NOS2/c1-2-3-8-15-9-10-16-13-14-11-6-4-5-7-12(11)17-13/h4-7H,2-3,8-10H2,1H3. The summed E-state index contributed by atoms with van der Waals surface area (Å²) < 4.78 is 7.94. The first kappa shape index (κ1) is 12.9. The van der Waals surface area contributed by atoms with Crippen molar-refractivity contribution in [2.24, 2.45) is 0 Å². The van der Waals surface area contributed by atoms with Crippen LogP contribution >= 0.6 is 23.1 Å². The Bertz CT molecular complexity index is 422. The summed E-state index contributed by atoms with van der Waals surface area (Å²) in [6.45, 7) is 3.89. The predicted octanol–water partition coefficient (Wildman–Crippen LogP) is 4.21. The van der Waals surface area contributed by atoms with E-state index in [1.807, 2.05) is 6.07 Å². The second kappa shape index (κ2) is 6.99. The first-order chi connectivity index (χ1) is 8.40. The number of aromatic nitrogens is 1. The van der Waals surface area contributed by atoms with Crippen molar-refractivity contribution in [3.05, 3.63) is 24.3 Å². The van der Waals surface area contributed by atoms with Crippen molar-refractivity contribution in [2.75, 3.05) is 19.0 Å². The lowest BCUT2D eigenvalue weighted by Crippen LogP contribution is -1.98. The number of thiazole rings is 1. The van der Waals surface area contributed by atoms with Gasteiger partial charge >= 0.3 is 0 Å². The Balaban J connectivity index is 1.75. The number of para-hydroxylation sites is 1. The Hall–Kier alpha value is -0.580. The fourth-order valence-corrected chi connectivity index (χ4v) is 3.44. The van der Waals surface area contributed by atoms with Crippen LogP contribution in [-0.4, -0.2) is 24.0 Å². The number of unbranched alkanes of at least 4 members (excludes halogenated alkanes) is 1. The number of hydrogen-bond acceptors (Lipinski definition) is 4. The van der Waals surface area contributed by atoms with Crippen LogP contribution in [-0.2, 0) is 4.74 Å². The second-order valence-electron chi connectivity index (χ2n) is 3.76. The van der Waals surface area contributed by atoms with Crippen LogP contribution in [0.5, 0.6) is 0 Å². The minimum absolute atomic E-state index is 0.820. The second-order valence-corrected chi connectivity index (χ2v) is 6.13. The van der Waals surface area contributed by atoms with Crippen LogP contribution in [0.25, 0.3) is 10.2 Å². The SMILES string of the molecule is CCCCOCCSc1nc2ccccc2s1. The van der Waals surface area contributed by atoms with E-state index in [0.717, 1.165) is 35.2 Å². The molecule has 0 fully saturated rings. The maximum absolute atomic E-state index is 5.53. The molecular formula is C13H17NOS2.